The molecule has 18 heavy (non-hydrogen) atoms. The number of nitriles is 1. The number of hydrogen-bond acceptors (Lipinski definition) is 4. The molecule has 2 aromatic rings. The van der Waals surface area contributed by atoms with Crippen molar-refractivity contribution in [3.05, 3.63) is 34.3 Å². The molecule has 0 aliphatic rings. The third kappa shape index (κ3) is 2.17. The number of aromatic nitrogens is 2. The summed E-state index contributed by atoms with van der Waals surface area (Å²) in [5.74, 6) is 0.851. The maximum atomic E-state index is 9.11. The standard InChI is InChI=1S/C12H12BrN5/c1-2-16-12-10(7-14)11(15)18(17-12)9-5-3-4-8(13)6-9/h3-6H,2,15H2,1H3,(H,16,17). The highest BCUT2D eigenvalue weighted by Gasteiger charge is 2.15. The molecule has 0 amide bonds. The number of benzene rings is 1. The molecule has 0 bridgehead atoms. The van der Waals surface area contributed by atoms with Gasteiger partial charge in [0.25, 0.3) is 0 Å². The van der Waals surface area contributed by atoms with E-state index in [2.05, 4.69) is 32.4 Å². The van der Waals surface area contributed by atoms with Crippen molar-refractivity contribution in [1.82, 2.24) is 9.78 Å². The molecule has 0 saturated carbocycles. The minimum atomic E-state index is 0.339. The second kappa shape index (κ2) is 5.10. The van der Waals surface area contributed by atoms with Gasteiger partial charge in [-0.1, -0.05) is 22.0 Å². The molecule has 0 atom stereocenters. The monoisotopic (exact) mass is 305 g/mol. The van der Waals surface area contributed by atoms with Crippen molar-refractivity contribution in [2.75, 3.05) is 17.6 Å². The van der Waals surface area contributed by atoms with Crippen molar-refractivity contribution in [2.24, 2.45) is 0 Å². The minimum Gasteiger partial charge on any atom is -0.382 e. The van der Waals surface area contributed by atoms with Gasteiger partial charge in [0.2, 0.25) is 0 Å². The lowest BCUT2D eigenvalue weighted by Crippen LogP contribution is -2.02. The normalized spacial score (nSPS) is 10.1. The van der Waals surface area contributed by atoms with Crippen molar-refractivity contribution in [1.29, 1.82) is 5.26 Å². The van der Waals surface area contributed by atoms with E-state index in [-0.39, 0.29) is 0 Å². The summed E-state index contributed by atoms with van der Waals surface area (Å²) in [4.78, 5) is 0. The predicted octanol–water partition coefficient (Wildman–Crippen LogP) is 2.52. The summed E-state index contributed by atoms with van der Waals surface area (Å²) < 4.78 is 2.49. The molecular formula is C12H12BrN5. The molecule has 2 rings (SSSR count). The first-order chi connectivity index (χ1) is 8.67. The van der Waals surface area contributed by atoms with Gasteiger partial charge in [0.1, 0.15) is 17.5 Å². The van der Waals surface area contributed by atoms with E-state index >= 15 is 0 Å². The highest BCUT2D eigenvalue weighted by molar-refractivity contribution is 9.10. The lowest BCUT2D eigenvalue weighted by atomic mass is 10.3. The Bertz CT molecular complexity index is 611. The molecule has 0 saturated heterocycles. The van der Waals surface area contributed by atoms with Crippen LogP contribution < -0.4 is 11.1 Å². The summed E-state index contributed by atoms with van der Waals surface area (Å²) >= 11 is 3.39. The van der Waals surface area contributed by atoms with Gasteiger partial charge in [-0.15, -0.1) is 5.10 Å². The third-order valence-corrected chi connectivity index (χ3v) is 2.92. The Balaban J connectivity index is 2.56. The molecule has 0 fully saturated rings. The average molecular weight is 306 g/mol. The summed E-state index contributed by atoms with van der Waals surface area (Å²) in [6, 6.07) is 9.64. The maximum Gasteiger partial charge on any atom is 0.168 e. The Morgan fingerprint density at radius 1 is 1.56 bits per heavy atom. The van der Waals surface area contributed by atoms with Gasteiger partial charge < -0.3 is 11.1 Å². The Kier molecular flexibility index (Phi) is 3.53. The SMILES string of the molecule is CCNc1nn(-c2cccc(Br)c2)c(N)c1C#N. The fraction of sp³-hybridized carbons (Fsp3) is 0.167. The Hall–Kier alpha value is -2.00. The van der Waals surface area contributed by atoms with Crippen LogP contribution in [0, 0.1) is 11.3 Å². The van der Waals surface area contributed by atoms with Crippen LogP contribution in [0.1, 0.15) is 12.5 Å². The molecule has 1 aromatic heterocycles. The van der Waals surface area contributed by atoms with Gasteiger partial charge in [0.15, 0.2) is 5.82 Å². The maximum absolute atomic E-state index is 9.11. The van der Waals surface area contributed by atoms with Gasteiger partial charge in [-0.3, -0.25) is 0 Å². The number of rotatable bonds is 3. The summed E-state index contributed by atoms with van der Waals surface area (Å²) in [7, 11) is 0. The highest BCUT2D eigenvalue weighted by Crippen LogP contribution is 2.25. The van der Waals surface area contributed by atoms with E-state index in [1.54, 1.807) is 4.68 Å². The van der Waals surface area contributed by atoms with E-state index in [1.807, 2.05) is 31.2 Å². The van der Waals surface area contributed by atoms with E-state index in [0.717, 1.165) is 10.2 Å². The number of nitrogen functional groups attached to an aromatic ring is 1. The van der Waals surface area contributed by atoms with E-state index in [0.29, 0.717) is 23.7 Å². The number of anilines is 2. The lowest BCUT2D eigenvalue weighted by molar-refractivity contribution is 0.889. The first-order valence-electron chi connectivity index (χ1n) is 5.45. The first-order valence-corrected chi connectivity index (χ1v) is 6.25. The van der Waals surface area contributed by atoms with Crippen LogP contribution in [0.3, 0.4) is 0 Å². The van der Waals surface area contributed by atoms with Gasteiger partial charge in [-0.05, 0) is 25.1 Å². The average Bonchev–Trinajstić information content (AvgIpc) is 2.66. The molecule has 6 heteroatoms. The van der Waals surface area contributed by atoms with Crippen LogP contribution in [-0.4, -0.2) is 16.3 Å². The fourth-order valence-electron chi connectivity index (χ4n) is 1.64. The van der Waals surface area contributed by atoms with Crippen molar-refractivity contribution in [2.45, 2.75) is 6.92 Å². The Morgan fingerprint density at radius 2 is 2.33 bits per heavy atom. The van der Waals surface area contributed by atoms with Crippen LogP contribution in [-0.2, 0) is 0 Å². The van der Waals surface area contributed by atoms with Crippen LogP contribution >= 0.6 is 15.9 Å². The van der Waals surface area contributed by atoms with Crippen molar-refractivity contribution in [3.8, 4) is 11.8 Å². The van der Waals surface area contributed by atoms with Gasteiger partial charge in [-0.25, -0.2) is 4.68 Å². The van der Waals surface area contributed by atoms with Gasteiger partial charge in [0, 0.05) is 11.0 Å². The van der Waals surface area contributed by atoms with E-state index in [4.69, 9.17) is 11.0 Å². The van der Waals surface area contributed by atoms with E-state index in [1.165, 1.54) is 0 Å². The van der Waals surface area contributed by atoms with Gasteiger partial charge in [0.05, 0.1) is 5.69 Å². The molecular weight excluding hydrogens is 294 g/mol. The number of nitrogens with two attached hydrogens (primary N) is 1. The molecule has 92 valence electrons. The smallest absolute Gasteiger partial charge is 0.168 e. The van der Waals surface area contributed by atoms with Crippen LogP contribution in [0.5, 0.6) is 0 Å². The number of hydrogen-bond donors (Lipinski definition) is 2. The zero-order valence-electron chi connectivity index (χ0n) is 9.81. The summed E-state index contributed by atoms with van der Waals surface area (Å²) in [5, 5.41) is 16.5. The Labute approximate surface area is 113 Å². The van der Waals surface area contributed by atoms with Crippen LogP contribution in [0.25, 0.3) is 5.69 Å². The zero-order valence-corrected chi connectivity index (χ0v) is 11.4. The molecule has 0 aliphatic carbocycles. The van der Waals surface area contributed by atoms with Crippen molar-refractivity contribution >= 4 is 27.6 Å². The molecule has 0 unspecified atom stereocenters. The largest absolute Gasteiger partial charge is 0.382 e. The molecule has 1 heterocycles. The fourth-order valence-corrected chi connectivity index (χ4v) is 2.02. The third-order valence-electron chi connectivity index (χ3n) is 2.43. The minimum absolute atomic E-state index is 0.339. The molecule has 3 N–H and O–H groups in total. The highest BCUT2D eigenvalue weighted by atomic mass is 79.9. The zero-order chi connectivity index (χ0) is 13.1. The molecule has 0 aliphatic heterocycles. The van der Waals surface area contributed by atoms with E-state index in [9.17, 15) is 0 Å². The topological polar surface area (TPSA) is 79.7 Å². The number of nitrogens with zero attached hydrogens (tertiary/aromatic N) is 3. The van der Waals surface area contributed by atoms with Gasteiger partial charge in [-0.2, -0.15) is 5.26 Å². The number of halogens is 1. The summed E-state index contributed by atoms with van der Waals surface area (Å²) in [6.45, 7) is 2.62. The van der Waals surface area contributed by atoms with Crippen LogP contribution in [0.4, 0.5) is 11.6 Å². The number of nitrogens with one attached hydrogen (secondary N) is 1. The molecule has 1 aromatic carbocycles. The van der Waals surface area contributed by atoms with Crippen LogP contribution in [0.2, 0.25) is 0 Å². The predicted molar refractivity (Wildman–Crippen MR) is 74.6 cm³/mol. The molecule has 0 radical (unpaired) electrons. The second-order valence-electron chi connectivity index (χ2n) is 3.64. The first kappa shape index (κ1) is 12.5. The van der Waals surface area contributed by atoms with Crippen molar-refractivity contribution in [3.63, 3.8) is 0 Å². The summed E-state index contributed by atoms with van der Waals surface area (Å²) in [6.07, 6.45) is 0. The van der Waals surface area contributed by atoms with Crippen molar-refractivity contribution < 1.29 is 0 Å². The second-order valence-corrected chi connectivity index (χ2v) is 4.56. The van der Waals surface area contributed by atoms with E-state index < -0.39 is 0 Å². The quantitative estimate of drug-likeness (QED) is 0.913. The summed E-state index contributed by atoms with van der Waals surface area (Å²) in [5.41, 5.74) is 7.13. The lowest BCUT2D eigenvalue weighted by Gasteiger charge is -2.03. The molecule has 5 nitrogen and oxygen atoms in total. The van der Waals surface area contributed by atoms with Gasteiger partial charge >= 0.3 is 0 Å². The Morgan fingerprint density at radius 3 is 2.94 bits per heavy atom. The van der Waals surface area contributed by atoms with Crippen LogP contribution in [0.15, 0.2) is 28.7 Å². The molecule has 0 spiro atoms.